The number of nitrogens with one attached hydrogen (secondary N) is 1. The normalized spacial score (nSPS) is 17.1. The summed E-state index contributed by atoms with van der Waals surface area (Å²) >= 11 is 0. The fourth-order valence-electron chi connectivity index (χ4n) is 3.00. The first kappa shape index (κ1) is 15.5. The van der Waals surface area contributed by atoms with Crippen molar-refractivity contribution in [2.24, 2.45) is 5.92 Å². The predicted octanol–water partition coefficient (Wildman–Crippen LogP) is 3.63. The zero-order valence-corrected chi connectivity index (χ0v) is 13.4. The molecule has 0 aromatic heterocycles. The van der Waals surface area contributed by atoms with Gasteiger partial charge in [-0.15, -0.1) is 0 Å². The fraction of sp³-hybridized carbons (Fsp3) is 0.667. The second-order valence-corrected chi connectivity index (χ2v) is 6.42. The molecule has 2 rings (SSSR count). The lowest BCUT2D eigenvalue weighted by Crippen LogP contribution is -2.35. The fourth-order valence-corrected chi connectivity index (χ4v) is 3.00. The molecule has 2 nitrogen and oxygen atoms in total. The Hall–Kier alpha value is -0.860. The first-order chi connectivity index (χ1) is 9.69. The van der Waals surface area contributed by atoms with Gasteiger partial charge in [-0.2, -0.15) is 0 Å². The zero-order valence-electron chi connectivity index (χ0n) is 13.4. The number of hydrogen-bond acceptors (Lipinski definition) is 2. The molecule has 1 aromatic rings. The topological polar surface area (TPSA) is 15.3 Å². The van der Waals surface area contributed by atoms with Gasteiger partial charge in [0.1, 0.15) is 0 Å². The molecule has 0 bridgehead atoms. The first-order valence-electron chi connectivity index (χ1n) is 8.21. The number of nitrogens with zero attached hydrogens (tertiary/aromatic N) is 1. The highest BCUT2D eigenvalue weighted by Gasteiger charge is 2.16. The smallest absolute Gasteiger partial charge is 0.0233 e. The Kier molecular flexibility index (Phi) is 6.06. The van der Waals surface area contributed by atoms with Crippen molar-refractivity contribution in [2.45, 2.75) is 46.1 Å². The summed E-state index contributed by atoms with van der Waals surface area (Å²) in [5.41, 5.74) is 2.89. The van der Waals surface area contributed by atoms with Crippen LogP contribution in [0.5, 0.6) is 0 Å². The molecule has 1 saturated heterocycles. The van der Waals surface area contributed by atoms with Crippen molar-refractivity contribution >= 4 is 0 Å². The molecule has 1 heterocycles. The molecule has 20 heavy (non-hydrogen) atoms. The van der Waals surface area contributed by atoms with Crippen LogP contribution in [0.3, 0.4) is 0 Å². The Morgan fingerprint density at radius 3 is 2.35 bits per heavy atom. The summed E-state index contributed by atoms with van der Waals surface area (Å²) in [5.74, 6) is 1.51. The van der Waals surface area contributed by atoms with E-state index >= 15 is 0 Å². The number of benzene rings is 1. The molecule has 1 aliphatic rings. The van der Waals surface area contributed by atoms with Crippen LogP contribution in [0, 0.1) is 5.92 Å². The van der Waals surface area contributed by atoms with Gasteiger partial charge in [-0.1, -0.05) is 45.0 Å². The van der Waals surface area contributed by atoms with Gasteiger partial charge in [0.05, 0.1) is 0 Å². The molecular formula is C18H30N2. The SMILES string of the molecule is CCN(Cc1ccc(C(C)C)cc1)CC1CCNCC1. The van der Waals surface area contributed by atoms with Gasteiger partial charge in [-0.3, -0.25) is 4.90 Å². The summed E-state index contributed by atoms with van der Waals surface area (Å²) in [6.07, 6.45) is 2.67. The molecule has 0 saturated carbocycles. The van der Waals surface area contributed by atoms with E-state index < -0.39 is 0 Å². The van der Waals surface area contributed by atoms with Gasteiger partial charge >= 0.3 is 0 Å². The lowest BCUT2D eigenvalue weighted by atomic mass is 9.97. The van der Waals surface area contributed by atoms with Crippen LogP contribution in [-0.2, 0) is 6.54 Å². The maximum Gasteiger partial charge on any atom is 0.0233 e. The van der Waals surface area contributed by atoms with Gasteiger partial charge in [-0.05, 0) is 55.4 Å². The molecule has 1 fully saturated rings. The number of rotatable bonds is 6. The van der Waals surface area contributed by atoms with Crippen molar-refractivity contribution in [3.05, 3.63) is 35.4 Å². The van der Waals surface area contributed by atoms with Crippen LogP contribution in [0.25, 0.3) is 0 Å². The van der Waals surface area contributed by atoms with E-state index in [4.69, 9.17) is 0 Å². The van der Waals surface area contributed by atoms with E-state index in [0.717, 1.165) is 19.0 Å². The summed E-state index contributed by atoms with van der Waals surface area (Å²) in [6, 6.07) is 9.19. The summed E-state index contributed by atoms with van der Waals surface area (Å²) in [6.45, 7) is 12.7. The second-order valence-electron chi connectivity index (χ2n) is 6.42. The molecule has 0 atom stereocenters. The van der Waals surface area contributed by atoms with Gasteiger partial charge < -0.3 is 5.32 Å². The van der Waals surface area contributed by atoms with Crippen LogP contribution < -0.4 is 5.32 Å². The second kappa shape index (κ2) is 7.80. The van der Waals surface area contributed by atoms with Crippen molar-refractivity contribution in [1.82, 2.24) is 10.2 Å². The van der Waals surface area contributed by atoms with Crippen molar-refractivity contribution in [3.8, 4) is 0 Å². The van der Waals surface area contributed by atoms with Crippen LogP contribution in [-0.4, -0.2) is 31.1 Å². The lowest BCUT2D eigenvalue weighted by Gasteiger charge is -2.29. The van der Waals surface area contributed by atoms with Crippen molar-refractivity contribution in [3.63, 3.8) is 0 Å². The summed E-state index contributed by atoms with van der Waals surface area (Å²) in [4.78, 5) is 2.60. The van der Waals surface area contributed by atoms with Crippen LogP contribution in [0.2, 0.25) is 0 Å². The van der Waals surface area contributed by atoms with E-state index in [1.54, 1.807) is 0 Å². The van der Waals surface area contributed by atoms with E-state index in [1.165, 1.54) is 43.6 Å². The average Bonchev–Trinajstić information content (AvgIpc) is 2.48. The molecule has 0 amide bonds. The summed E-state index contributed by atoms with van der Waals surface area (Å²) < 4.78 is 0. The molecule has 1 aliphatic heterocycles. The Bertz CT molecular complexity index is 377. The van der Waals surface area contributed by atoms with E-state index in [9.17, 15) is 0 Å². The molecule has 112 valence electrons. The molecule has 0 aliphatic carbocycles. The average molecular weight is 274 g/mol. The number of piperidine rings is 1. The number of hydrogen-bond donors (Lipinski definition) is 1. The minimum absolute atomic E-state index is 0.626. The van der Waals surface area contributed by atoms with Crippen LogP contribution >= 0.6 is 0 Å². The monoisotopic (exact) mass is 274 g/mol. The zero-order chi connectivity index (χ0) is 14.4. The third-order valence-corrected chi connectivity index (χ3v) is 4.47. The predicted molar refractivity (Wildman–Crippen MR) is 87.1 cm³/mol. The molecule has 2 heteroatoms. The van der Waals surface area contributed by atoms with Crippen LogP contribution in [0.1, 0.15) is 50.7 Å². The Labute approximate surface area is 124 Å². The minimum atomic E-state index is 0.626. The van der Waals surface area contributed by atoms with Crippen LogP contribution in [0.4, 0.5) is 0 Å². The van der Waals surface area contributed by atoms with E-state index in [0.29, 0.717) is 5.92 Å². The highest BCUT2D eigenvalue weighted by molar-refractivity contribution is 5.24. The Balaban J connectivity index is 1.88. The molecular weight excluding hydrogens is 244 g/mol. The lowest BCUT2D eigenvalue weighted by molar-refractivity contribution is 0.207. The van der Waals surface area contributed by atoms with Crippen molar-refractivity contribution in [2.75, 3.05) is 26.2 Å². The van der Waals surface area contributed by atoms with E-state index in [2.05, 4.69) is 55.3 Å². The van der Waals surface area contributed by atoms with Gasteiger partial charge in [0.2, 0.25) is 0 Å². The quantitative estimate of drug-likeness (QED) is 0.852. The maximum absolute atomic E-state index is 3.45. The van der Waals surface area contributed by atoms with Gasteiger partial charge in [0.15, 0.2) is 0 Å². The van der Waals surface area contributed by atoms with Crippen molar-refractivity contribution in [1.29, 1.82) is 0 Å². The summed E-state index contributed by atoms with van der Waals surface area (Å²) in [7, 11) is 0. The molecule has 1 N–H and O–H groups in total. The Morgan fingerprint density at radius 1 is 1.15 bits per heavy atom. The third kappa shape index (κ3) is 4.60. The maximum atomic E-state index is 3.45. The molecule has 1 aromatic carbocycles. The van der Waals surface area contributed by atoms with Crippen LogP contribution in [0.15, 0.2) is 24.3 Å². The van der Waals surface area contributed by atoms with Gasteiger partial charge in [0, 0.05) is 13.1 Å². The minimum Gasteiger partial charge on any atom is -0.317 e. The van der Waals surface area contributed by atoms with E-state index in [-0.39, 0.29) is 0 Å². The third-order valence-electron chi connectivity index (χ3n) is 4.47. The standard InChI is InChI=1S/C18H30N2/c1-4-20(14-17-9-11-19-12-10-17)13-16-5-7-18(8-6-16)15(2)3/h5-8,15,17,19H,4,9-14H2,1-3H3. The van der Waals surface area contributed by atoms with E-state index in [1.807, 2.05) is 0 Å². The molecule has 0 unspecified atom stereocenters. The Morgan fingerprint density at radius 2 is 1.80 bits per heavy atom. The van der Waals surface area contributed by atoms with Gasteiger partial charge in [0.25, 0.3) is 0 Å². The highest BCUT2D eigenvalue weighted by Crippen LogP contribution is 2.18. The molecule has 0 radical (unpaired) electrons. The van der Waals surface area contributed by atoms with Gasteiger partial charge in [-0.25, -0.2) is 0 Å². The van der Waals surface area contributed by atoms with Crippen molar-refractivity contribution < 1.29 is 0 Å². The molecule has 0 spiro atoms. The largest absolute Gasteiger partial charge is 0.317 e. The summed E-state index contributed by atoms with van der Waals surface area (Å²) in [5, 5.41) is 3.45. The first-order valence-corrected chi connectivity index (χ1v) is 8.21. The highest BCUT2D eigenvalue weighted by atomic mass is 15.1.